The molecule has 2 rings (SSSR count). The summed E-state index contributed by atoms with van der Waals surface area (Å²) in [6.45, 7) is -0.215. The Morgan fingerprint density at radius 3 is 3.06 bits per heavy atom. The zero-order chi connectivity index (χ0) is 11.4. The van der Waals surface area contributed by atoms with Crippen LogP contribution in [0.3, 0.4) is 0 Å². The third kappa shape index (κ3) is 2.26. The molecule has 0 saturated carbocycles. The fourth-order valence-corrected chi connectivity index (χ4v) is 1.33. The Labute approximate surface area is 91.6 Å². The average molecular weight is 218 g/mol. The van der Waals surface area contributed by atoms with Gasteiger partial charge in [0.25, 0.3) is 5.91 Å². The van der Waals surface area contributed by atoms with Gasteiger partial charge in [-0.3, -0.25) is 15.0 Å². The molecule has 0 radical (unpaired) electrons. The second kappa shape index (κ2) is 4.59. The summed E-state index contributed by atoms with van der Waals surface area (Å²) in [4.78, 5) is 14.7. The summed E-state index contributed by atoms with van der Waals surface area (Å²) >= 11 is 0. The van der Waals surface area contributed by atoms with E-state index < -0.39 is 5.91 Å². The smallest absolute Gasteiger partial charge is 0.281 e. The number of nitrogens with one attached hydrogen (secondary N) is 1. The first-order valence-corrected chi connectivity index (χ1v) is 4.69. The van der Waals surface area contributed by atoms with Gasteiger partial charge in [0.15, 0.2) is 6.61 Å². The van der Waals surface area contributed by atoms with E-state index in [-0.39, 0.29) is 6.61 Å². The van der Waals surface area contributed by atoms with E-state index in [0.717, 1.165) is 10.8 Å². The van der Waals surface area contributed by atoms with Crippen LogP contribution < -0.4 is 10.2 Å². The van der Waals surface area contributed by atoms with Gasteiger partial charge in [0.2, 0.25) is 0 Å². The molecule has 5 heteroatoms. The highest BCUT2D eigenvalue weighted by Gasteiger charge is 2.01. The van der Waals surface area contributed by atoms with E-state index in [1.54, 1.807) is 18.5 Å². The average Bonchev–Trinajstić information content (AvgIpc) is 2.35. The number of fused-ring (bicyclic) bond motifs is 1. The van der Waals surface area contributed by atoms with Crippen LogP contribution in [0, 0.1) is 0 Å². The maximum atomic E-state index is 10.8. The van der Waals surface area contributed by atoms with Gasteiger partial charge in [-0.15, -0.1) is 0 Å². The molecule has 2 N–H and O–H groups in total. The maximum absolute atomic E-state index is 10.8. The summed E-state index contributed by atoms with van der Waals surface area (Å²) in [6, 6.07) is 7.26. The van der Waals surface area contributed by atoms with Gasteiger partial charge < -0.3 is 4.74 Å². The quantitative estimate of drug-likeness (QED) is 0.598. The summed E-state index contributed by atoms with van der Waals surface area (Å²) in [5, 5.41) is 10.3. The Bertz CT molecular complexity index is 513. The van der Waals surface area contributed by atoms with Gasteiger partial charge in [0, 0.05) is 17.8 Å². The lowest BCUT2D eigenvalue weighted by molar-refractivity contribution is -0.131. The minimum atomic E-state index is -0.588. The molecule has 1 amide bonds. The van der Waals surface area contributed by atoms with E-state index in [1.807, 2.05) is 18.2 Å². The number of benzene rings is 1. The Morgan fingerprint density at radius 2 is 2.25 bits per heavy atom. The highest BCUT2D eigenvalue weighted by atomic mass is 16.5. The van der Waals surface area contributed by atoms with Gasteiger partial charge in [0.1, 0.15) is 5.75 Å². The zero-order valence-corrected chi connectivity index (χ0v) is 8.38. The van der Waals surface area contributed by atoms with E-state index in [9.17, 15) is 4.79 Å². The van der Waals surface area contributed by atoms with Crippen molar-refractivity contribution in [1.82, 2.24) is 10.5 Å². The molecule has 2 aromatic rings. The van der Waals surface area contributed by atoms with E-state index in [1.165, 1.54) is 5.48 Å². The number of hydrogen-bond donors (Lipinski definition) is 2. The number of aromatic nitrogens is 1. The lowest BCUT2D eigenvalue weighted by Crippen LogP contribution is -2.25. The molecule has 0 bridgehead atoms. The number of ether oxygens (including phenoxy) is 1. The molecule has 5 nitrogen and oxygen atoms in total. The van der Waals surface area contributed by atoms with Crippen molar-refractivity contribution in [2.24, 2.45) is 0 Å². The van der Waals surface area contributed by atoms with Crippen LogP contribution in [-0.2, 0) is 4.79 Å². The fourth-order valence-electron chi connectivity index (χ4n) is 1.33. The third-order valence-electron chi connectivity index (χ3n) is 2.11. The summed E-state index contributed by atoms with van der Waals surface area (Å²) < 4.78 is 5.17. The number of hydroxylamine groups is 1. The summed E-state index contributed by atoms with van der Waals surface area (Å²) in [7, 11) is 0. The maximum Gasteiger partial charge on any atom is 0.281 e. The highest BCUT2D eigenvalue weighted by Crippen LogP contribution is 2.19. The Hall–Kier alpha value is -2.14. The molecule has 0 aliphatic rings. The molecule has 1 aromatic carbocycles. The van der Waals surface area contributed by atoms with Crippen molar-refractivity contribution in [1.29, 1.82) is 0 Å². The largest absolute Gasteiger partial charge is 0.484 e. The van der Waals surface area contributed by atoms with E-state index in [4.69, 9.17) is 9.94 Å². The molecule has 0 saturated heterocycles. The lowest BCUT2D eigenvalue weighted by atomic mass is 10.2. The summed E-state index contributed by atoms with van der Waals surface area (Å²) in [5.74, 6) is -0.0166. The number of amides is 1. The molecular weight excluding hydrogens is 208 g/mol. The molecule has 1 heterocycles. The standard InChI is InChI=1S/C11H10N2O3/c14-11(13-15)7-16-10-2-1-9-6-12-4-3-8(9)5-10/h1-6,15H,7H2,(H,13,14). The van der Waals surface area contributed by atoms with Gasteiger partial charge >= 0.3 is 0 Å². The predicted molar refractivity (Wildman–Crippen MR) is 57.2 cm³/mol. The van der Waals surface area contributed by atoms with Crippen LogP contribution in [0.4, 0.5) is 0 Å². The normalized spacial score (nSPS) is 10.1. The Kier molecular flexibility index (Phi) is 2.98. The van der Waals surface area contributed by atoms with Crippen LogP contribution in [-0.4, -0.2) is 22.7 Å². The summed E-state index contributed by atoms with van der Waals surface area (Å²) in [5.41, 5.74) is 1.50. The van der Waals surface area contributed by atoms with Crippen molar-refractivity contribution in [3.63, 3.8) is 0 Å². The van der Waals surface area contributed by atoms with Crippen molar-refractivity contribution < 1.29 is 14.7 Å². The van der Waals surface area contributed by atoms with Crippen LogP contribution in [0.2, 0.25) is 0 Å². The first kappa shape index (κ1) is 10.4. The van der Waals surface area contributed by atoms with Crippen LogP contribution in [0.5, 0.6) is 5.75 Å². The zero-order valence-electron chi connectivity index (χ0n) is 8.38. The minimum absolute atomic E-state index is 0.215. The van der Waals surface area contributed by atoms with Gasteiger partial charge in [-0.25, -0.2) is 5.48 Å². The number of rotatable bonds is 3. The molecule has 0 unspecified atom stereocenters. The van der Waals surface area contributed by atoms with Gasteiger partial charge in [-0.2, -0.15) is 0 Å². The van der Waals surface area contributed by atoms with Gasteiger partial charge in [-0.05, 0) is 29.7 Å². The van der Waals surface area contributed by atoms with Gasteiger partial charge in [-0.1, -0.05) is 0 Å². The molecule has 0 fully saturated rings. The molecule has 1 aromatic heterocycles. The number of carbonyl (C=O) groups excluding carboxylic acids is 1. The first-order chi connectivity index (χ1) is 7.79. The molecule has 0 aliphatic carbocycles. The van der Waals surface area contributed by atoms with Crippen LogP contribution in [0.1, 0.15) is 0 Å². The Morgan fingerprint density at radius 1 is 1.38 bits per heavy atom. The number of nitrogens with zero attached hydrogens (tertiary/aromatic N) is 1. The SMILES string of the molecule is O=C(COc1ccc2cnccc2c1)NO. The first-order valence-electron chi connectivity index (χ1n) is 4.69. The summed E-state index contributed by atoms with van der Waals surface area (Å²) in [6.07, 6.45) is 3.44. The second-order valence-corrected chi connectivity index (χ2v) is 3.21. The molecule has 82 valence electrons. The van der Waals surface area contributed by atoms with E-state index in [2.05, 4.69) is 4.98 Å². The highest BCUT2D eigenvalue weighted by molar-refractivity contribution is 5.83. The molecule has 0 spiro atoms. The minimum Gasteiger partial charge on any atom is -0.484 e. The monoisotopic (exact) mass is 218 g/mol. The van der Waals surface area contributed by atoms with Crippen molar-refractivity contribution in [2.45, 2.75) is 0 Å². The van der Waals surface area contributed by atoms with Crippen LogP contribution in [0.15, 0.2) is 36.7 Å². The van der Waals surface area contributed by atoms with Crippen molar-refractivity contribution in [2.75, 3.05) is 6.61 Å². The second-order valence-electron chi connectivity index (χ2n) is 3.21. The van der Waals surface area contributed by atoms with Crippen molar-refractivity contribution in [3.8, 4) is 5.75 Å². The topological polar surface area (TPSA) is 71.5 Å². The van der Waals surface area contributed by atoms with E-state index in [0.29, 0.717) is 5.75 Å². The van der Waals surface area contributed by atoms with E-state index >= 15 is 0 Å². The number of carbonyl (C=O) groups is 1. The molecule has 0 aliphatic heterocycles. The lowest BCUT2D eigenvalue weighted by Gasteiger charge is -2.05. The molecule has 16 heavy (non-hydrogen) atoms. The van der Waals surface area contributed by atoms with Gasteiger partial charge in [0.05, 0.1) is 0 Å². The molecular formula is C11H10N2O3. The Balaban J connectivity index is 2.16. The van der Waals surface area contributed by atoms with Crippen LogP contribution in [0.25, 0.3) is 10.8 Å². The third-order valence-corrected chi connectivity index (χ3v) is 2.11. The van der Waals surface area contributed by atoms with Crippen molar-refractivity contribution >= 4 is 16.7 Å². The number of hydrogen-bond acceptors (Lipinski definition) is 4. The van der Waals surface area contributed by atoms with Crippen LogP contribution >= 0.6 is 0 Å². The van der Waals surface area contributed by atoms with Crippen molar-refractivity contribution in [3.05, 3.63) is 36.7 Å². The molecule has 0 atom stereocenters. The predicted octanol–water partition coefficient (Wildman–Crippen LogP) is 1.12. The fraction of sp³-hybridized carbons (Fsp3) is 0.0909. The number of pyridine rings is 1.